The number of unbranched alkanes of at least 4 members (excludes halogenated alkanes) is 1. The van der Waals surface area contributed by atoms with E-state index in [0.29, 0.717) is 12.2 Å². The molecule has 0 amide bonds. The quantitative estimate of drug-likeness (QED) is 0.815. The molecule has 4 nitrogen and oxygen atoms in total. The minimum absolute atomic E-state index is 0.178. The maximum absolute atomic E-state index is 12.7. The largest absolute Gasteiger partial charge is 0.398 e. The second-order valence-electron chi connectivity index (χ2n) is 5.24. The molecule has 1 saturated carbocycles. The fraction of sp³-hybridized carbons (Fsp3) is 0.571. The molecule has 1 fully saturated rings. The number of benzene rings is 1. The van der Waals surface area contributed by atoms with Crippen molar-refractivity contribution in [2.45, 2.75) is 50.5 Å². The van der Waals surface area contributed by atoms with E-state index in [1.807, 2.05) is 6.92 Å². The lowest BCUT2D eigenvalue weighted by atomic mass is 10.2. The van der Waals surface area contributed by atoms with Crippen molar-refractivity contribution in [3.8, 4) is 0 Å². The molecule has 2 rings (SSSR count). The smallest absolute Gasteiger partial charge is 0.245 e. The molecule has 1 aliphatic carbocycles. The predicted molar refractivity (Wildman–Crippen MR) is 77.4 cm³/mol. The van der Waals surface area contributed by atoms with E-state index in [9.17, 15) is 8.42 Å². The van der Waals surface area contributed by atoms with Crippen LogP contribution in [0.15, 0.2) is 23.1 Å². The molecule has 1 aromatic rings. The first kappa shape index (κ1) is 14.3. The van der Waals surface area contributed by atoms with E-state index >= 15 is 0 Å². The molecule has 0 atom stereocenters. The zero-order valence-corrected chi connectivity index (χ0v) is 12.4. The molecule has 19 heavy (non-hydrogen) atoms. The van der Waals surface area contributed by atoms with Crippen LogP contribution >= 0.6 is 0 Å². The van der Waals surface area contributed by atoms with Crippen LogP contribution in [0.2, 0.25) is 0 Å². The fourth-order valence-electron chi connectivity index (χ4n) is 2.20. The van der Waals surface area contributed by atoms with Crippen LogP contribution in [0.3, 0.4) is 0 Å². The highest BCUT2D eigenvalue weighted by Gasteiger charge is 2.38. The molecule has 0 radical (unpaired) electrons. The number of rotatable bonds is 6. The summed E-state index contributed by atoms with van der Waals surface area (Å²) in [6, 6.07) is 5.32. The molecule has 0 spiro atoms. The van der Waals surface area contributed by atoms with Crippen molar-refractivity contribution in [2.24, 2.45) is 0 Å². The third kappa shape index (κ3) is 3.09. The van der Waals surface area contributed by atoms with Gasteiger partial charge in [0.25, 0.3) is 0 Å². The van der Waals surface area contributed by atoms with E-state index in [1.165, 1.54) is 0 Å². The monoisotopic (exact) mass is 282 g/mol. The van der Waals surface area contributed by atoms with Gasteiger partial charge in [-0.3, -0.25) is 0 Å². The van der Waals surface area contributed by atoms with E-state index in [1.54, 1.807) is 22.5 Å². The van der Waals surface area contributed by atoms with Crippen molar-refractivity contribution in [1.82, 2.24) is 4.31 Å². The molecule has 0 aliphatic heterocycles. The van der Waals surface area contributed by atoms with E-state index in [2.05, 4.69) is 6.92 Å². The third-order valence-corrected chi connectivity index (χ3v) is 5.46. The Balaban J connectivity index is 2.33. The molecular formula is C14H22N2O2S. The summed E-state index contributed by atoms with van der Waals surface area (Å²) in [5, 5.41) is 0. The highest BCUT2D eigenvalue weighted by Crippen LogP contribution is 2.34. The molecular weight excluding hydrogens is 260 g/mol. The van der Waals surface area contributed by atoms with Gasteiger partial charge in [-0.1, -0.05) is 19.4 Å². The second kappa shape index (κ2) is 5.51. The number of nitrogen functional groups attached to an aromatic ring is 1. The molecule has 2 N–H and O–H groups in total. The molecule has 0 saturated heterocycles. The summed E-state index contributed by atoms with van der Waals surface area (Å²) in [4.78, 5) is 0.251. The summed E-state index contributed by atoms with van der Waals surface area (Å²) >= 11 is 0. The maximum Gasteiger partial charge on any atom is 0.245 e. The zero-order chi connectivity index (χ0) is 14.0. The van der Waals surface area contributed by atoms with Crippen molar-refractivity contribution in [1.29, 1.82) is 0 Å². The Morgan fingerprint density at radius 2 is 2.05 bits per heavy atom. The molecule has 0 heterocycles. The molecule has 106 valence electrons. The summed E-state index contributed by atoms with van der Waals surface area (Å²) in [7, 11) is -3.45. The predicted octanol–water partition coefficient (Wildman–Crippen LogP) is 2.53. The average molecular weight is 282 g/mol. The van der Waals surface area contributed by atoms with Crippen molar-refractivity contribution in [3.63, 3.8) is 0 Å². The topological polar surface area (TPSA) is 63.4 Å². The molecule has 5 heteroatoms. The third-order valence-electron chi connectivity index (χ3n) is 3.44. The van der Waals surface area contributed by atoms with E-state index in [0.717, 1.165) is 31.2 Å². The SMILES string of the molecule is CCCCN(C1CC1)S(=O)(=O)c1ccc(C)cc1N. The van der Waals surface area contributed by atoms with Gasteiger partial charge < -0.3 is 5.73 Å². The van der Waals surface area contributed by atoms with E-state index in [-0.39, 0.29) is 10.9 Å². The van der Waals surface area contributed by atoms with Crippen LogP contribution in [-0.4, -0.2) is 25.3 Å². The normalized spacial score (nSPS) is 15.9. The van der Waals surface area contributed by atoms with E-state index < -0.39 is 10.0 Å². The molecule has 1 aromatic carbocycles. The van der Waals surface area contributed by atoms with Crippen LogP contribution in [0.5, 0.6) is 0 Å². The zero-order valence-electron chi connectivity index (χ0n) is 11.6. The molecule has 0 bridgehead atoms. The number of nitrogens with two attached hydrogens (primary N) is 1. The number of hydrogen-bond acceptors (Lipinski definition) is 3. The van der Waals surface area contributed by atoms with Crippen molar-refractivity contribution in [2.75, 3.05) is 12.3 Å². The summed E-state index contributed by atoms with van der Waals surface area (Å²) in [6.07, 6.45) is 3.81. The van der Waals surface area contributed by atoms with E-state index in [4.69, 9.17) is 5.73 Å². The Morgan fingerprint density at radius 3 is 2.58 bits per heavy atom. The second-order valence-corrected chi connectivity index (χ2v) is 7.10. The first-order valence-electron chi connectivity index (χ1n) is 6.84. The van der Waals surface area contributed by atoms with Crippen LogP contribution in [0.25, 0.3) is 0 Å². The Labute approximate surface area is 115 Å². The summed E-state index contributed by atoms with van der Waals surface area (Å²) < 4.78 is 27.0. The Bertz CT molecular complexity index is 551. The summed E-state index contributed by atoms with van der Waals surface area (Å²) in [5.74, 6) is 0. The lowest BCUT2D eigenvalue weighted by Crippen LogP contribution is -2.34. The van der Waals surface area contributed by atoms with Gasteiger partial charge in [0, 0.05) is 12.6 Å². The number of sulfonamides is 1. The highest BCUT2D eigenvalue weighted by molar-refractivity contribution is 7.89. The van der Waals surface area contributed by atoms with Gasteiger partial charge in [-0.05, 0) is 43.9 Å². The Morgan fingerprint density at radius 1 is 1.37 bits per heavy atom. The molecule has 0 aromatic heterocycles. The van der Waals surface area contributed by atoms with Crippen molar-refractivity contribution < 1.29 is 8.42 Å². The van der Waals surface area contributed by atoms with Gasteiger partial charge in [0.15, 0.2) is 0 Å². The van der Waals surface area contributed by atoms with Gasteiger partial charge in [0.2, 0.25) is 10.0 Å². The van der Waals surface area contributed by atoms with Crippen LogP contribution in [-0.2, 0) is 10.0 Å². The average Bonchev–Trinajstić information content (AvgIpc) is 3.13. The minimum atomic E-state index is -3.45. The molecule has 1 aliphatic rings. The first-order chi connectivity index (χ1) is 8.96. The minimum Gasteiger partial charge on any atom is -0.398 e. The number of nitrogens with zero attached hydrogens (tertiary/aromatic N) is 1. The summed E-state index contributed by atoms with van der Waals surface area (Å²) in [6.45, 7) is 4.57. The number of hydrogen-bond donors (Lipinski definition) is 1. The van der Waals surface area contributed by atoms with Gasteiger partial charge in [-0.2, -0.15) is 4.31 Å². The van der Waals surface area contributed by atoms with Crippen LogP contribution in [0.4, 0.5) is 5.69 Å². The van der Waals surface area contributed by atoms with Gasteiger partial charge in [-0.15, -0.1) is 0 Å². The van der Waals surface area contributed by atoms with Crippen molar-refractivity contribution >= 4 is 15.7 Å². The fourth-order valence-corrected chi connectivity index (χ4v) is 4.03. The van der Waals surface area contributed by atoms with Crippen LogP contribution in [0, 0.1) is 6.92 Å². The lowest BCUT2D eigenvalue weighted by Gasteiger charge is -2.22. The summed E-state index contributed by atoms with van der Waals surface area (Å²) in [5.41, 5.74) is 7.21. The van der Waals surface area contributed by atoms with Gasteiger partial charge in [0.1, 0.15) is 4.90 Å². The van der Waals surface area contributed by atoms with Crippen LogP contribution < -0.4 is 5.73 Å². The van der Waals surface area contributed by atoms with Crippen LogP contribution in [0.1, 0.15) is 38.2 Å². The standard InChI is InChI=1S/C14H22N2O2S/c1-3-4-9-16(12-6-7-12)19(17,18)14-8-5-11(2)10-13(14)15/h5,8,10,12H,3-4,6-7,9,15H2,1-2H3. The Hall–Kier alpha value is -1.07. The van der Waals surface area contributed by atoms with Gasteiger partial charge >= 0.3 is 0 Å². The lowest BCUT2D eigenvalue weighted by molar-refractivity contribution is 0.396. The first-order valence-corrected chi connectivity index (χ1v) is 8.28. The number of anilines is 1. The van der Waals surface area contributed by atoms with Gasteiger partial charge in [-0.25, -0.2) is 8.42 Å². The van der Waals surface area contributed by atoms with Gasteiger partial charge in [0.05, 0.1) is 5.69 Å². The molecule has 0 unspecified atom stereocenters. The maximum atomic E-state index is 12.7. The highest BCUT2D eigenvalue weighted by atomic mass is 32.2. The Kier molecular flexibility index (Phi) is 4.16. The van der Waals surface area contributed by atoms with Crippen molar-refractivity contribution in [3.05, 3.63) is 23.8 Å². The number of aryl methyl sites for hydroxylation is 1.